The average Bonchev–Trinajstić information content (AvgIpc) is 2.59. The lowest BCUT2D eigenvalue weighted by atomic mass is 9.99. The maximum absolute atomic E-state index is 12.1. The second kappa shape index (κ2) is 9.92. The molecule has 0 aliphatic carbocycles. The highest BCUT2D eigenvalue weighted by Crippen LogP contribution is 2.18. The number of carbonyl (C=O) groups is 2. The Morgan fingerprint density at radius 2 is 1.86 bits per heavy atom. The summed E-state index contributed by atoms with van der Waals surface area (Å²) in [6, 6.07) is 8.38. The minimum atomic E-state index is -0.574. The molecule has 1 aliphatic rings. The number of nitrogens with one attached hydrogen (secondary N) is 1. The smallest absolute Gasteiger partial charge is 0.410 e. The van der Waals surface area contributed by atoms with E-state index >= 15 is 0 Å². The monoisotopic (exact) mass is 389 g/mol. The van der Waals surface area contributed by atoms with Crippen LogP contribution in [0.25, 0.3) is 0 Å². The van der Waals surface area contributed by atoms with Crippen LogP contribution in [0.15, 0.2) is 24.3 Å². The van der Waals surface area contributed by atoms with Gasteiger partial charge in [-0.1, -0.05) is 31.2 Å². The first-order chi connectivity index (χ1) is 13.1. The number of rotatable bonds is 6. The lowest BCUT2D eigenvalue weighted by Gasteiger charge is -2.30. The third-order valence-corrected chi connectivity index (χ3v) is 4.75. The van der Waals surface area contributed by atoms with E-state index < -0.39 is 11.7 Å². The van der Waals surface area contributed by atoms with Gasteiger partial charge in [0, 0.05) is 26.7 Å². The van der Waals surface area contributed by atoms with Gasteiger partial charge in [0.15, 0.2) is 0 Å². The highest BCUT2D eigenvalue weighted by molar-refractivity contribution is 5.82. The van der Waals surface area contributed by atoms with Crippen molar-refractivity contribution < 1.29 is 14.3 Å². The molecule has 0 radical (unpaired) electrons. The van der Waals surface area contributed by atoms with Crippen molar-refractivity contribution in [2.24, 2.45) is 5.92 Å². The van der Waals surface area contributed by atoms with Crippen LogP contribution in [0.3, 0.4) is 0 Å². The first-order valence-corrected chi connectivity index (χ1v) is 10.1. The number of likely N-dealkylation sites (N-methyl/N-ethyl adjacent to an activating group) is 1. The van der Waals surface area contributed by atoms with Gasteiger partial charge in [-0.15, -0.1) is 0 Å². The quantitative estimate of drug-likeness (QED) is 0.810. The molecule has 2 amide bonds. The molecule has 1 saturated heterocycles. The number of likely N-dealkylation sites (tertiary alicyclic amines) is 1. The maximum atomic E-state index is 12.1. The van der Waals surface area contributed by atoms with Crippen molar-refractivity contribution in [2.75, 3.05) is 26.7 Å². The van der Waals surface area contributed by atoms with Gasteiger partial charge in [0.05, 0.1) is 0 Å². The Hall–Kier alpha value is -2.08. The van der Waals surface area contributed by atoms with Crippen molar-refractivity contribution >= 4 is 12.0 Å². The number of carbonyl (C=O) groups excluding carboxylic acids is 2. The van der Waals surface area contributed by atoms with Crippen LogP contribution in [0.2, 0.25) is 0 Å². The van der Waals surface area contributed by atoms with E-state index in [4.69, 9.17) is 4.74 Å². The summed E-state index contributed by atoms with van der Waals surface area (Å²) in [6.45, 7) is 11.5. The maximum Gasteiger partial charge on any atom is 0.410 e. The van der Waals surface area contributed by atoms with Crippen LogP contribution in [-0.4, -0.2) is 54.1 Å². The second-order valence-corrected chi connectivity index (χ2v) is 8.91. The summed E-state index contributed by atoms with van der Waals surface area (Å²) in [5.41, 5.74) is 1.77. The zero-order valence-corrected chi connectivity index (χ0v) is 18.0. The predicted octanol–water partition coefficient (Wildman–Crippen LogP) is 3.40. The molecule has 1 fully saturated rings. The molecule has 1 aromatic rings. The van der Waals surface area contributed by atoms with Crippen molar-refractivity contribution in [3.8, 4) is 0 Å². The van der Waals surface area contributed by atoms with E-state index in [2.05, 4.69) is 41.4 Å². The van der Waals surface area contributed by atoms with Gasteiger partial charge in [0.25, 0.3) is 0 Å². The van der Waals surface area contributed by atoms with Crippen LogP contribution in [0.5, 0.6) is 0 Å². The van der Waals surface area contributed by atoms with Crippen molar-refractivity contribution in [1.29, 1.82) is 0 Å². The molecule has 1 heterocycles. The molecule has 0 spiro atoms. The molecule has 1 aliphatic heterocycles. The van der Waals surface area contributed by atoms with E-state index in [1.807, 2.05) is 0 Å². The van der Waals surface area contributed by atoms with Gasteiger partial charge in [-0.2, -0.15) is 0 Å². The zero-order valence-electron chi connectivity index (χ0n) is 18.0. The summed E-state index contributed by atoms with van der Waals surface area (Å²) in [6.07, 6.45) is 2.11. The van der Waals surface area contributed by atoms with Gasteiger partial charge >= 0.3 is 6.09 Å². The molecule has 1 N–H and O–H groups in total. The van der Waals surface area contributed by atoms with Gasteiger partial charge in [0.1, 0.15) is 12.1 Å². The fraction of sp³-hybridized carbons (Fsp3) is 0.636. The minimum absolute atomic E-state index is 0.0276. The molecule has 2 rings (SSSR count). The molecule has 1 unspecified atom stereocenters. The summed E-state index contributed by atoms with van der Waals surface area (Å²) in [5, 5.41) is 2.86. The van der Waals surface area contributed by atoms with Crippen LogP contribution in [0.1, 0.15) is 51.7 Å². The van der Waals surface area contributed by atoms with Gasteiger partial charge in [0.2, 0.25) is 5.91 Å². The van der Waals surface area contributed by atoms with Gasteiger partial charge in [-0.3, -0.25) is 9.69 Å². The molecule has 0 aromatic heterocycles. The molecule has 1 atom stereocenters. The number of benzene rings is 1. The largest absolute Gasteiger partial charge is 0.444 e. The first-order valence-electron chi connectivity index (χ1n) is 10.1. The van der Waals surface area contributed by atoms with E-state index in [-0.39, 0.29) is 12.5 Å². The summed E-state index contributed by atoms with van der Waals surface area (Å²) in [7, 11) is 1.56. The van der Waals surface area contributed by atoms with Gasteiger partial charge < -0.3 is 15.0 Å². The van der Waals surface area contributed by atoms with E-state index in [0.29, 0.717) is 6.54 Å². The molecule has 0 saturated carbocycles. The Bertz CT molecular complexity index is 652. The number of piperidine rings is 1. The zero-order chi connectivity index (χ0) is 20.7. The first kappa shape index (κ1) is 22.2. The lowest BCUT2D eigenvalue weighted by Crippen LogP contribution is -2.40. The molecule has 6 heteroatoms. The number of hydrogen-bond acceptors (Lipinski definition) is 4. The van der Waals surface area contributed by atoms with Gasteiger partial charge in [-0.05, 0) is 57.2 Å². The fourth-order valence-electron chi connectivity index (χ4n) is 3.33. The van der Waals surface area contributed by atoms with Crippen molar-refractivity contribution in [3.05, 3.63) is 35.4 Å². The molecule has 156 valence electrons. The van der Waals surface area contributed by atoms with Gasteiger partial charge in [-0.25, -0.2) is 4.79 Å². The SMILES string of the molecule is CC1CCCN(Cc2ccc(CNC(=O)CN(C)C(=O)OC(C)(C)C)cc2)C1. The molecule has 0 bridgehead atoms. The summed E-state index contributed by atoms with van der Waals surface area (Å²) in [4.78, 5) is 27.8. The highest BCUT2D eigenvalue weighted by Gasteiger charge is 2.21. The molecular formula is C22H35N3O3. The van der Waals surface area contributed by atoms with Crippen molar-refractivity contribution in [1.82, 2.24) is 15.1 Å². The Morgan fingerprint density at radius 3 is 2.46 bits per heavy atom. The highest BCUT2D eigenvalue weighted by atomic mass is 16.6. The second-order valence-electron chi connectivity index (χ2n) is 8.91. The van der Waals surface area contributed by atoms with E-state index in [9.17, 15) is 9.59 Å². The van der Waals surface area contributed by atoms with E-state index in [1.165, 1.54) is 36.4 Å². The third-order valence-electron chi connectivity index (χ3n) is 4.75. The average molecular weight is 390 g/mol. The van der Waals surface area contributed by atoms with Crippen LogP contribution >= 0.6 is 0 Å². The number of amides is 2. The van der Waals surface area contributed by atoms with Crippen LogP contribution < -0.4 is 5.32 Å². The Morgan fingerprint density at radius 1 is 1.21 bits per heavy atom. The topological polar surface area (TPSA) is 61.9 Å². The lowest BCUT2D eigenvalue weighted by molar-refractivity contribution is -0.122. The number of nitrogens with zero attached hydrogens (tertiary/aromatic N) is 2. The molecule has 1 aromatic carbocycles. The van der Waals surface area contributed by atoms with Crippen molar-refractivity contribution in [2.45, 2.75) is 59.2 Å². The standard InChI is InChI=1S/C22H35N3O3/c1-17-7-6-12-25(14-17)15-19-10-8-18(9-11-19)13-23-20(26)16-24(5)21(27)28-22(2,3)4/h8-11,17H,6-7,12-16H2,1-5H3,(H,23,26). The van der Waals surface area contributed by atoms with Crippen molar-refractivity contribution in [3.63, 3.8) is 0 Å². The summed E-state index contributed by atoms with van der Waals surface area (Å²) in [5.74, 6) is 0.571. The third kappa shape index (κ3) is 7.89. The normalized spacial score (nSPS) is 17.8. The molecular weight excluding hydrogens is 354 g/mol. The Kier molecular flexibility index (Phi) is 7.87. The Balaban J connectivity index is 1.74. The molecule has 28 heavy (non-hydrogen) atoms. The molecule has 6 nitrogen and oxygen atoms in total. The van der Waals surface area contributed by atoms with Crippen LogP contribution in [0.4, 0.5) is 4.79 Å². The van der Waals surface area contributed by atoms with Crippen LogP contribution in [0, 0.1) is 5.92 Å². The number of hydrogen-bond donors (Lipinski definition) is 1. The Labute approximate surface area is 169 Å². The van der Waals surface area contributed by atoms with E-state index in [1.54, 1.807) is 27.8 Å². The minimum Gasteiger partial charge on any atom is -0.444 e. The summed E-state index contributed by atoms with van der Waals surface area (Å²) < 4.78 is 5.25. The fourth-order valence-corrected chi connectivity index (χ4v) is 3.33. The van der Waals surface area contributed by atoms with Crippen LogP contribution in [-0.2, 0) is 22.6 Å². The predicted molar refractivity (Wildman–Crippen MR) is 111 cm³/mol. The van der Waals surface area contributed by atoms with E-state index in [0.717, 1.165) is 18.0 Å². The number of ether oxygens (including phenoxy) is 1. The summed E-state index contributed by atoms with van der Waals surface area (Å²) >= 11 is 0.